The summed E-state index contributed by atoms with van der Waals surface area (Å²) in [6.07, 6.45) is 3.28. The highest BCUT2D eigenvalue weighted by molar-refractivity contribution is 9.10. The van der Waals surface area contributed by atoms with Gasteiger partial charge in [-0.3, -0.25) is 19.0 Å². The van der Waals surface area contributed by atoms with Crippen LogP contribution < -0.4 is 10.6 Å². The van der Waals surface area contributed by atoms with Crippen LogP contribution >= 0.6 is 15.9 Å². The summed E-state index contributed by atoms with van der Waals surface area (Å²) in [7, 11) is 3.17. The van der Waals surface area contributed by atoms with Crippen molar-refractivity contribution in [1.29, 1.82) is 0 Å². The van der Waals surface area contributed by atoms with Crippen molar-refractivity contribution in [2.75, 3.05) is 12.4 Å². The van der Waals surface area contributed by atoms with Crippen LogP contribution in [0.5, 0.6) is 0 Å². The van der Waals surface area contributed by atoms with Gasteiger partial charge in [0.05, 0.1) is 10.2 Å². The molecule has 0 aromatic carbocycles. The fourth-order valence-electron chi connectivity index (χ4n) is 1.76. The summed E-state index contributed by atoms with van der Waals surface area (Å²) in [5.74, 6) is -0.781. The Labute approximate surface area is 129 Å². The Morgan fingerprint density at radius 3 is 2.52 bits per heavy atom. The predicted molar refractivity (Wildman–Crippen MR) is 80.2 cm³/mol. The lowest BCUT2D eigenvalue weighted by molar-refractivity contribution is 0.0958. The van der Waals surface area contributed by atoms with E-state index < -0.39 is 5.91 Å². The van der Waals surface area contributed by atoms with E-state index in [4.69, 9.17) is 0 Å². The van der Waals surface area contributed by atoms with Crippen LogP contribution in [-0.4, -0.2) is 38.4 Å². The van der Waals surface area contributed by atoms with E-state index in [1.165, 1.54) is 11.7 Å². The topological polar surface area (TPSA) is 93.8 Å². The third kappa shape index (κ3) is 3.13. The van der Waals surface area contributed by atoms with Crippen LogP contribution in [0.4, 0.5) is 5.69 Å². The molecular formula is C12H15BrN6O2. The molecular weight excluding hydrogens is 340 g/mol. The zero-order valence-electron chi connectivity index (χ0n) is 11.8. The second-order valence-electron chi connectivity index (χ2n) is 4.28. The van der Waals surface area contributed by atoms with E-state index in [1.54, 1.807) is 24.1 Å². The number of hydrogen-bond donors (Lipinski definition) is 2. The summed E-state index contributed by atoms with van der Waals surface area (Å²) in [5, 5.41) is 13.3. The number of nitrogens with one attached hydrogen (secondary N) is 2. The number of anilines is 1. The molecule has 2 aromatic heterocycles. The first-order valence-corrected chi connectivity index (χ1v) is 7.05. The number of halogens is 1. The SMILES string of the molecule is CCn1cc(Br)c(C(=O)Nc2cn(C)nc2C(=O)NC)n1. The van der Waals surface area contributed by atoms with E-state index >= 15 is 0 Å². The van der Waals surface area contributed by atoms with Gasteiger partial charge < -0.3 is 10.6 Å². The molecule has 0 saturated carbocycles. The summed E-state index contributed by atoms with van der Waals surface area (Å²) in [6, 6.07) is 0. The molecule has 8 nitrogen and oxygen atoms in total. The smallest absolute Gasteiger partial charge is 0.277 e. The van der Waals surface area contributed by atoms with Crippen LogP contribution in [0.25, 0.3) is 0 Å². The number of aromatic nitrogens is 4. The van der Waals surface area contributed by atoms with Gasteiger partial charge in [0.1, 0.15) is 0 Å². The zero-order chi connectivity index (χ0) is 15.6. The number of hydrogen-bond acceptors (Lipinski definition) is 4. The third-order valence-electron chi connectivity index (χ3n) is 2.78. The van der Waals surface area contributed by atoms with Gasteiger partial charge in [-0.1, -0.05) is 0 Å². The van der Waals surface area contributed by atoms with E-state index in [1.807, 2.05) is 6.92 Å². The fraction of sp³-hybridized carbons (Fsp3) is 0.333. The lowest BCUT2D eigenvalue weighted by Gasteiger charge is -2.03. The first-order valence-electron chi connectivity index (χ1n) is 6.26. The van der Waals surface area contributed by atoms with E-state index in [9.17, 15) is 9.59 Å². The molecule has 2 aromatic rings. The minimum atomic E-state index is -0.410. The lowest BCUT2D eigenvalue weighted by atomic mass is 10.3. The summed E-state index contributed by atoms with van der Waals surface area (Å²) >= 11 is 3.29. The average Bonchev–Trinajstić information content (AvgIpc) is 3.00. The van der Waals surface area contributed by atoms with Gasteiger partial charge in [-0.05, 0) is 22.9 Å². The number of nitrogens with zero attached hydrogens (tertiary/aromatic N) is 4. The van der Waals surface area contributed by atoms with Crippen molar-refractivity contribution in [1.82, 2.24) is 24.9 Å². The average molecular weight is 355 g/mol. The molecule has 2 heterocycles. The predicted octanol–water partition coefficient (Wildman–Crippen LogP) is 1.01. The van der Waals surface area contributed by atoms with E-state index in [0.29, 0.717) is 16.7 Å². The van der Waals surface area contributed by atoms with Crippen molar-refractivity contribution in [3.63, 3.8) is 0 Å². The number of rotatable bonds is 4. The van der Waals surface area contributed by atoms with Gasteiger partial charge in [-0.15, -0.1) is 0 Å². The van der Waals surface area contributed by atoms with Crippen LogP contribution in [0, 0.1) is 0 Å². The molecule has 2 rings (SSSR count). The fourth-order valence-corrected chi connectivity index (χ4v) is 2.26. The van der Waals surface area contributed by atoms with Crippen molar-refractivity contribution < 1.29 is 9.59 Å². The molecule has 0 spiro atoms. The zero-order valence-corrected chi connectivity index (χ0v) is 13.4. The first-order chi connectivity index (χ1) is 9.96. The van der Waals surface area contributed by atoms with Crippen molar-refractivity contribution in [2.24, 2.45) is 7.05 Å². The van der Waals surface area contributed by atoms with Crippen LogP contribution in [0.2, 0.25) is 0 Å². The van der Waals surface area contributed by atoms with Crippen molar-refractivity contribution in [3.8, 4) is 0 Å². The summed E-state index contributed by atoms with van der Waals surface area (Å²) < 4.78 is 3.69. The molecule has 0 aliphatic rings. The lowest BCUT2D eigenvalue weighted by Crippen LogP contribution is -2.22. The van der Waals surface area contributed by atoms with Gasteiger partial charge in [-0.2, -0.15) is 10.2 Å². The molecule has 2 N–H and O–H groups in total. The summed E-state index contributed by atoms with van der Waals surface area (Å²) in [6.45, 7) is 2.58. The van der Waals surface area contributed by atoms with E-state index in [-0.39, 0.29) is 17.3 Å². The highest BCUT2D eigenvalue weighted by Gasteiger charge is 2.20. The Morgan fingerprint density at radius 1 is 1.24 bits per heavy atom. The van der Waals surface area contributed by atoms with Crippen LogP contribution in [0.3, 0.4) is 0 Å². The molecule has 9 heteroatoms. The maximum Gasteiger partial charge on any atom is 0.277 e. The number of carbonyl (C=O) groups excluding carboxylic acids is 2. The minimum absolute atomic E-state index is 0.152. The molecule has 0 bridgehead atoms. The number of aryl methyl sites for hydroxylation is 2. The molecule has 112 valence electrons. The second-order valence-corrected chi connectivity index (χ2v) is 5.13. The first kappa shape index (κ1) is 15.2. The molecule has 0 unspecified atom stereocenters. The molecule has 0 fully saturated rings. The maximum atomic E-state index is 12.3. The summed E-state index contributed by atoms with van der Waals surface area (Å²) in [4.78, 5) is 24.0. The van der Waals surface area contributed by atoms with E-state index in [0.717, 1.165) is 0 Å². The monoisotopic (exact) mass is 354 g/mol. The molecule has 2 amide bonds. The van der Waals surface area contributed by atoms with Gasteiger partial charge in [0.25, 0.3) is 11.8 Å². The third-order valence-corrected chi connectivity index (χ3v) is 3.36. The molecule has 21 heavy (non-hydrogen) atoms. The van der Waals surface area contributed by atoms with Crippen molar-refractivity contribution in [2.45, 2.75) is 13.5 Å². The molecule has 0 atom stereocenters. The Morgan fingerprint density at radius 2 is 1.95 bits per heavy atom. The standard InChI is InChI=1S/C12H15BrN6O2/c1-4-19-5-7(13)9(17-19)12(21)15-8-6-18(3)16-10(8)11(20)14-2/h5-6H,4H2,1-3H3,(H,14,20)(H,15,21). The number of carbonyl (C=O) groups is 2. The summed E-state index contributed by atoms with van der Waals surface area (Å²) in [5.41, 5.74) is 0.739. The van der Waals surface area contributed by atoms with Gasteiger partial charge >= 0.3 is 0 Å². The molecule has 0 aliphatic carbocycles. The Bertz CT molecular complexity index is 690. The van der Waals surface area contributed by atoms with Crippen LogP contribution in [-0.2, 0) is 13.6 Å². The number of amides is 2. The van der Waals surface area contributed by atoms with E-state index in [2.05, 4.69) is 36.8 Å². The molecule has 0 radical (unpaired) electrons. The molecule has 0 saturated heterocycles. The van der Waals surface area contributed by atoms with Gasteiger partial charge in [0.15, 0.2) is 11.4 Å². The van der Waals surface area contributed by atoms with Crippen molar-refractivity contribution in [3.05, 3.63) is 28.3 Å². The molecule has 0 aliphatic heterocycles. The van der Waals surface area contributed by atoms with Crippen LogP contribution in [0.1, 0.15) is 27.9 Å². The van der Waals surface area contributed by atoms with Crippen molar-refractivity contribution >= 4 is 33.4 Å². The minimum Gasteiger partial charge on any atom is -0.354 e. The van der Waals surface area contributed by atoms with Gasteiger partial charge in [0.2, 0.25) is 0 Å². The van der Waals surface area contributed by atoms with Gasteiger partial charge in [0, 0.05) is 33.0 Å². The second kappa shape index (κ2) is 6.08. The quantitative estimate of drug-likeness (QED) is 0.856. The maximum absolute atomic E-state index is 12.3. The normalized spacial score (nSPS) is 10.5. The Balaban J connectivity index is 2.27. The largest absolute Gasteiger partial charge is 0.354 e. The Kier molecular flexibility index (Phi) is 4.41. The highest BCUT2D eigenvalue weighted by atomic mass is 79.9. The Hall–Kier alpha value is -2.16. The highest BCUT2D eigenvalue weighted by Crippen LogP contribution is 2.18. The van der Waals surface area contributed by atoms with Crippen LogP contribution in [0.15, 0.2) is 16.9 Å². The van der Waals surface area contributed by atoms with Gasteiger partial charge in [-0.25, -0.2) is 0 Å².